The maximum Gasteiger partial charge on any atom is 0.287 e. The molecule has 3 N–H and O–H groups in total. The molecule has 4 nitrogen and oxygen atoms in total. The average molecular weight is 323 g/mol. The van der Waals surface area contributed by atoms with E-state index in [4.69, 9.17) is 10.2 Å². The Morgan fingerprint density at radius 2 is 2.26 bits per heavy atom. The van der Waals surface area contributed by atoms with Crippen LogP contribution in [0.4, 0.5) is 0 Å². The molecule has 2 aromatic rings. The summed E-state index contributed by atoms with van der Waals surface area (Å²) in [6.07, 6.45) is 2.98. The van der Waals surface area contributed by atoms with E-state index >= 15 is 0 Å². The highest BCUT2D eigenvalue weighted by atomic mass is 79.9. The van der Waals surface area contributed by atoms with Crippen LogP contribution in [-0.4, -0.2) is 18.0 Å². The second-order valence-corrected chi connectivity index (χ2v) is 5.80. The second kappa shape index (κ2) is 4.98. The molecule has 1 aromatic carbocycles. The number of rotatable bonds is 2. The Balaban J connectivity index is 1.83. The van der Waals surface area contributed by atoms with Crippen LogP contribution in [0.1, 0.15) is 29.8 Å². The molecule has 2 unspecified atom stereocenters. The molecule has 19 heavy (non-hydrogen) atoms. The van der Waals surface area contributed by atoms with Gasteiger partial charge in [0.2, 0.25) is 0 Å². The molecule has 0 bridgehead atoms. The highest BCUT2D eigenvalue weighted by molar-refractivity contribution is 9.10. The molecule has 5 heteroatoms. The van der Waals surface area contributed by atoms with Crippen LogP contribution in [0.2, 0.25) is 0 Å². The summed E-state index contributed by atoms with van der Waals surface area (Å²) in [7, 11) is 0. The SMILES string of the molecule is NC1CCCC1NC(=O)c1cc2cccc(Br)c2o1. The summed E-state index contributed by atoms with van der Waals surface area (Å²) in [5.74, 6) is 0.145. The first-order chi connectivity index (χ1) is 9.15. The fraction of sp³-hybridized carbons (Fsp3) is 0.357. The van der Waals surface area contributed by atoms with E-state index in [1.807, 2.05) is 18.2 Å². The largest absolute Gasteiger partial charge is 0.450 e. The molecule has 100 valence electrons. The van der Waals surface area contributed by atoms with E-state index in [1.54, 1.807) is 6.07 Å². The summed E-state index contributed by atoms with van der Waals surface area (Å²) < 4.78 is 6.46. The van der Waals surface area contributed by atoms with E-state index < -0.39 is 0 Å². The quantitative estimate of drug-likeness (QED) is 0.893. The fourth-order valence-electron chi connectivity index (χ4n) is 2.55. The third kappa shape index (κ3) is 2.40. The number of amides is 1. The third-order valence-corrected chi connectivity index (χ3v) is 4.23. The van der Waals surface area contributed by atoms with Crippen LogP contribution in [0, 0.1) is 0 Å². The molecule has 1 fully saturated rings. The highest BCUT2D eigenvalue weighted by Crippen LogP contribution is 2.27. The summed E-state index contributed by atoms with van der Waals surface area (Å²) in [6, 6.07) is 7.60. The standard InChI is InChI=1S/C14H15BrN2O2/c15-9-4-1-3-8-7-12(19-13(8)9)14(18)17-11-6-2-5-10(11)16/h1,3-4,7,10-11H,2,5-6,16H2,(H,17,18). The molecule has 1 amide bonds. The van der Waals surface area contributed by atoms with Crippen molar-refractivity contribution in [2.75, 3.05) is 0 Å². The van der Waals surface area contributed by atoms with Crippen molar-refractivity contribution in [3.63, 3.8) is 0 Å². The first-order valence-corrected chi connectivity index (χ1v) is 7.19. The van der Waals surface area contributed by atoms with Gasteiger partial charge < -0.3 is 15.5 Å². The minimum Gasteiger partial charge on any atom is -0.450 e. The first kappa shape index (κ1) is 12.7. The van der Waals surface area contributed by atoms with Gasteiger partial charge in [0.25, 0.3) is 5.91 Å². The molecule has 0 spiro atoms. The number of halogens is 1. The van der Waals surface area contributed by atoms with E-state index in [0.717, 1.165) is 29.1 Å². The van der Waals surface area contributed by atoms with Crippen LogP contribution in [0.15, 0.2) is 33.2 Å². The van der Waals surface area contributed by atoms with Crippen molar-refractivity contribution in [1.29, 1.82) is 0 Å². The predicted molar refractivity (Wildman–Crippen MR) is 77.0 cm³/mol. The topological polar surface area (TPSA) is 68.3 Å². The van der Waals surface area contributed by atoms with Crippen molar-refractivity contribution in [2.24, 2.45) is 5.73 Å². The molecule has 2 atom stereocenters. The number of carbonyl (C=O) groups is 1. The zero-order chi connectivity index (χ0) is 13.4. The number of nitrogens with one attached hydrogen (secondary N) is 1. The summed E-state index contributed by atoms with van der Waals surface area (Å²) in [5.41, 5.74) is 6.65. The second-order valence-electron chi connectivity index (χ2n) is 4.94. The average Bonchev–Trinajstić information content (AvgIpc) is 2.97. The number of nitrogens with two attached hydrogens (primary N) is 1. The van der Waals surface area contributed by atoms with E-state index in [9.17, 15) is 4.79 Å². The number of fused-ring (bicyclic) bond motifs is 1. The number of carbonyl (C=O) groups excluding carboxylic acids is 1. The lowest BCUT2D eigenvalue weighted by atomic mass is 10.2. The molecular weight excluding hydrogens is 308 g/mol. The molecule has 3 rings (SSSR count). The van der Waals surface area contributed by atoms with Gasteiger partial charge in [0.1, 0.15) is 5.58 Å². The molecule has 1 aliphatic carbocycles. The number of hydrogen-bond acceptors (Lipinski definition) is 3. The number of furan rings is 1. The Morgan fingerprint density at radius 1 is 1.42 bits per heavy atom. The zero-order valence-electron chi connectivity index (χ0n) is 10.4. The van der Waals surface area contributed by atoms with Crippen molar-refractivity contribution < 1.29 is 9.21 Å². The predicted octanol–water partition coefficient (Wildman–Crippen LogP) is 2.80. The van der Waals surface area contributed by atoms with Gasteiger partial charge in [-0.2, -0.15) is 0 Å². The molecule has 0 saturated heterocycles. The Hall–Kier alpha value is -1.33. The summed E-state index contributed by atoms with van der Waals surface area (Å²) in [5, 5.41) is 3.86. The van der Waals surface area contributed by atoms with Gasteiger partial charge >= 0.3 is 0 Å². The van der Waals surface area contributed by atoms with E-state index in [2.05, 4.69) is 21.2 Å². The van der Waals surface area contributed by atoms with Crippen LogP contribution < -0.4 is 11.1 Å². The number of benzene rings is 1. The number of hydrogen-bond donors (Lipinski definition) is 2. The minimum atomic E-state index is -0.189. The van der Waals surface area contributed by atoms with Crippen molar-refractivity contribution in [1.82, 2.24) is 5.32 Å². The van der Waals surface area contributed by atoms with Gasteiger partial charge in [-0.05, 0) is 47.3 Å². The van der Waals surface area contributed by atoms with Crippen molar-refractivity contribution in [3.05, 3.63) is 34.5 Å². The fourth-order valence-corrected chi connectivity index (χ4v) is 3.01. The summed E-state index contributed by atoms with van der Waals surface area (Å²) in [4.78, 5) is 12.2. The van der Waals surface area contributed by atoms with Crippen LogP contribution in [0.25, 0.3) is 11.0 Å². The maximum absolute atomic E-state index is 12.2. The molecule has 1 heterocycles. The van der Waals surface area contributed by atoms with Gasteiger partial charge in [-0.15, -0.1) is 0 Å². The Bertz CT molecular complexity index is 623. The molecule has 1 saturated carbocycles. The summed E-state index contributed by atoms with van der Waals surface area (Å²) in [6.45, 7) is 0. The van der Waals surface area contributed by atoms with E-state index in [0.29, 0.717) is 11.3 Å². The molecule has 0 radical (unpaired) electrons. The van der Waals surface area contributed by atoms with Gasteiger partial charge in [0, 0.05) is 17.5 Å². The maximum atomic E-state index is 12.2. The Kier molecular flexibility index (Phi) is 3.33. The zero-order valence-corrected chi connectivity index (χ0v) is 11.9. The van der Waals surface area contributed by atoms with Crippen molar-refractivity contribution in [2.45, 2.75) is 31.3 Å². The van der Waals surface area contributed by atoms with Gasteiger partial charge in [0.05, 0.1) is 4.47 Å². The monoisotopic (exact) mass is 322 g/mol. The van der Waals surface area contributed by atoms with Crippen molar-refractivity contribution >= 4 is 32.8 Å². The Labute approximate surface area is 119 Å². The van der Waals surface area contributed by atoms with E-state index in [1.165, 1.54) is 0 Å². The van der Waals surface area contributed by atoms with Crippen molar-refractivity contribution in [3.8, 4) is 0 Å². The highest BCUT2D eigenvalue weighted by Gasteiger charge is 2.26. The minimum absolute atomic E-state index is 0.0556. The van der Waals surface area contributed by atoms with Crippen LogP contribution in [0.3, 0.4) is 0 Å². The van der Waals surface area contributed by atoms with Gasteiger partial charge in [-0.1, -0.05) is 12.1 Å². The molecule has 0 aliphatic heterocycles. The van der Waals surface area contributed by atoms with E-state index in [-0.39, 0.29) is 18.0 Å². The van der Waals surface area contributed by atoms with Gasteiger partial charge in [-0.25, -0.2) is 0 Å². The van der Waals surface area contributed by atoms with Gasteiger partial charge in [-0.3, -0.25) is 4.79 Å². The summed E-state index contributed by atoms with van der Waals surface area (Å²) >= 11 is 3.41. The smallest absolute Gasteiger partial charge is 0.287 e. The third-order valence-electron chi connectivity index (χ3n) is 3.61. The molecule has 1 aliphatic rings. The lowest BCUT2D eigenvalue weighted by Gasteiger charge is -2.15. The lowest BCUT2D eigenvalue weighted by molar-refractivity contribution is 0.0908. The van der Waals surface area contributed by atoms with Crippen LogP contribution in [-0.2, 0) is 0 Å². The Morgan fingerprint density at radius 3 is 2.95 bits per heavy atom. The van der Waals surface area contributed by atoms with Gasteiger partial charge in [0.15, 0.2) is 5.76 Å². The first-order valence-electron chi connectivity index (χ1n) is 6.39. The molecule has 1 aromatic heterocycles. The lowest BCUT2D eigenvalue weighted by Crippen LogP contribution is -2.43. The molecular formula is C14H15BrN2O2. The van der Waals surface area contributed by atoms with Crippen LogP contribution in [0.5, 0.6) is 0 Å². The number of para-hydroxylation sites is 1. The normalized spacial score (nSPS) is 22.8. The van der Waals surface area contributed by atoms with Crippen LogP contribution >= 0.6 is 15.9 Å².